The molecule has 3 rings (SSSR count). The molecule has 0 aliphatic heterocycles. The zero-order valence-corrected chi connectivity index (χ0v) is 23.6. The van der Waals surface area contributed by atoms with E-state index < -0.39 is 10.0 Å². The Balaban J connectivity index is 1.48. The number of hydrogen-bond donors (Lipinski definition) is 0. The van der Waals surface area contributed by atoms with Gasteiger partial charge in [-0.15, -0.1) is 0 Å². The van der Waals surface area contributed by atoms with Crippen LogP contribution < -0.4 is 4.87 Å². The van der Waals surface area contributed by atoms with Gasteiger partial charge in [0.15, 0.2) is 0 Å². The van der Waals surface area contributed by atoms with E-state index >= 15 is 0 Å². The van der Waals surface area contributed by atoms with E-state index in [0.29, 0.717) is 11.4 Å². The average Bonchev–Trinajstić information content (AvgIpc) is 3.17. The SMILES string of the molecule is C/C=C\c1ccc(S(=O)(=O)N(C)CCCCN(CCC)CCCn2c(=O)sc3ccccc32)cc1C. The van der Waals surface area contributed by atoms with E-state index in [1.165, 1.54) is 15.6 Å². The average molecular weight is 530 g/mol. The molecule has 0 fully saturated rings. The summed E-state index contributed by atoms with van der Waals surface area (Å²) < 4.78 is 30.4. The van der Waals surface area contributed by atoms with Gasteiger partial charge in [0.05, 0.1) is 15.1 Å². The maximum absolute atomic E-state index is 13.0. The highest BCUT2D eigenvalue weighted by Crippen LogP contribution is 2.20. The fourth-order valence-electron chi connectivity index (χ4n) is 4.47. The van der Waals surface area contributed by atoms with E-state index in [2.05, 4.69) is 11.8 Å². The molecule has 0 amide bonds. The minimum atomic E-state index is -3.50. The van der Waals surface area contributed by atoms with Gasteiger partial charge < -0.3 is 4.90 Å². The van der Waals surface area contributed by atoms with Crippen molar-refractivity contribution in [2.24, 2.45) is 0 Å². The van der Waals surface area contributed by atoms with Gasteiger partial charge in [0.2, 0.25) is 10.0 Å². The Kier molecular flexibility index (Phi) is 10.5. The van der Waals surface area contributed by atoms with Crippen LogP contribution >= 0.6 is 11.3 Å². The van der Waals surface area contributed by atoms with Crippen molar-refractivity contribution in [1.82, 2.24) is 13.8 Å². The van der Waals surface area contributed by atoms with Crippen LogP contribution in [0.5, 0.6) is 0 Å². The van der Waals surface area contributed by atoms with Crippen LogP contribution in [0.15, 0.2) is 58.2 Å². The maximum atomic E-state index is 13.0. The third kappa shape index (κ3) is 7.16. The molecule has 0 aliphatic rings. The molecule has 8 heteroatoms. The lowest BCUT2D eigenvalue weighted by Gasteiger charge is -2.23. The summed E-state index contributed by atoms with van der Waals surface area (Å²) in [5.74, 6) is 0. The first-order chi connectivity index (χ1) is 17.3. The molecule has 6 nitrogen and oxygen atoms in total. The van der Waals surface area contributed by atoms with Crippen molar-refractivity contribution in [3.8, 4) is 0 Å². The van der Waals surface area contributed by atoms with Crippen molar-refractivity contribution in [2.45, 2.75) is 57.9 Å². The van der Waals surface area contributed by atoms with Crippen LogP contribution in [-0.2, 0) is 16.6 Å². The van der Waals surface area contributed by atoms with E-state index in [-0.39, 0.29) is 4.87 Å². The molecule has 0 aliphatic carbocycles. The normalized spacial score (nSPS) is 12.5. The lowest BCUT2D eigenvalue weighted by molar-refractivity contribution is 0.258. The number of aromatic nitrogens is 1. The van der Waals surface area contributed by atoms with Crippen molar-refractivity contribution < 1.29 is 8.42 Å². The van der Waals surface area contributed by atoms with Crippen LogP contribution in [0.2, 0.25) is 0 Å². The fraction of sp³-hybridized carbons (Fsp3) is 0.464. The molecule has 0 saturated heterocycles. The van der Waals surface area contributed by atoms with Crippen LogP contribution in [0, 0.1) is 6.92 Å². The smallest absolute Gasteiger partial charge is 0.303 e. The first-order valence-electron chi connectivity index (χ1n) is 12.8. The summed E-state index contributed by atoms with van der Waals surface area (Å²) >= 11 is 1.31. The van der Waals surface area contributed by atoms with E-state index in [4.69, 9.17) is 0 Å². The molecular formula is C28H39N3O3S2. The molecular weight excluding hydrogens is 490 g/mol. The minimum Gasteiger partial charge on any atom is -0.303 e. The number of allylic oxidation sites excluding steroid dienone is 1. The number of fused-ring (bicyclic) bond motifs is 1. The second-order valence-electron chi connectivity index (χ2n) is 9.23. The Morgan fingerprint density at radius 3 is 2.44 bits per heavy atom. The molecule has 196 valence electrons. The van der Waals surface area contributed by atoms with Gasteiger partial charge in [0, 0.05) is 20.1 Å². The van der Waals surface area contributed by atoms with E-state index in [1.807, 2.05) is 60.9 Å². The molecule has 0 unspecified atom stereocenters. The number of unbranched alkanes of at least 4 members (excludes halogenated alkanes) is 1. The topological polar surface area (TPSA) is 62.6 Å². The molecule has 3 aromatic rings. The number of hydrogen-bond acceptors (Lipinski definition) is 5. The van der Waals surface area contributed by atoms with Crippen molar-refractivity contribution in [2.75, 3.05) is 33.2 Å². The summed E-state index contributed by atoms with van der Waals surface area (Å²) in [5, 5.41) is 0. The quantitative estimate of drug-likeness (QED) is 0.255. The predicted octanol–water partition coefficient (Wildman–Crippen LogP) is 5.61. The third-order valence-corrected chi connectivity index (χ3v) is 9.28. The first-order valence-corrected chi connectivity index (χ1v) is 15.0. The van der Waals surface area contributed by atoms with Crippen molar-refractivity contribution in [3.63, 3.8) is 0 Å². The highest BCUT2D eigenvalue weighted by molar-refractivity contribution is 7.89. The van der Waals surface area contributed by atoms with Gasteiger partial charge in [0.1, 0.15) is 0 Å². The summed E-state index contributed by atoms with van der Waals surface area (Å²) in [4.78, 5) is 15.3. The number of aryl methyl sites for hydroxylation is 2. The Morgan fingerprint density at radius 2 is 1.72 bits per heavy atom. The molecule has 0 N–H and O–H groups in total. The van der Waals surface area contributed by atoms with E-state index in [9.17, 15) is 13.2 Å². The molecule has 1 heterocycles. The molecule has 0 atom stereocenters. The van der Waals surface area contributed by atoms with Crippen molar-refractivity contribution >= 4 is 37.7 Å². The number of para-hydroxylation sites is 1. The summed E-state index contributed by atoms with van der Waals surface area (Å²) in [7, 11) is -1.84. The largest absolute Gasteiger partial charge is 0.308 e. The molecule has 2 aromatic carbocycles. The Bertz CT molecular complexity index is 1330. The van der Waals surface area contributed by atoms with Gasteiger partial charge >= 0.3 is 4.87 Å². The highest BCUT2D eigenvalue weighted by atomic mass is 32.2. The molecule has 36 heavy (non-hydrogen) atoms. The van der Waals surface area contributed by atoms with Gasteiger partial charge in [-0.2, -0.15) is 0 Å². The zero-order chi connectivity index (χ0) is 26.1. The molecule has 0 spiro atoms. The zero-order valence-electron chi connectivity index (χ0n) is 21.9. The standard InChI is InChI=1S/C28H39N3O3S2/c1-5-12-24-15-16-25(22-23(24)3)36(33,34)29(4)18-9-10-19-30(17-6-2)20-11-21-31-26-13-7-8-14-27(26)35-28(31)32/h5,7-8,12-16,22H,6,9-11,17-21H2,1-4H3/b12-5-. The minimum absolute atomic E-state index is 0.106. The Hall–Kier alpha value is -2.26. The molecule has 0 radical (unpaired) electrons. The van der Waals surface area contributed by atoms with Crippen molar-refractivity contribution in [1.29, 1.82) is 0 Å². The van der Waals surface area contributed by atoms with Gasteiger partial charge in [-0.3, -0.25) is 9.36 Å². The predicted molar refractivity (Wildman–Crippen MR) is 152 cm³/mol. The van der Waals surface area contributed by atoms with E-state index in [1.54, 1.807) is 19.2 Å². The lowest BCUT2D eigenvalue weighted by Crippen LogP contribution is -2.30. The number of thiazole rings is 1. The van der Waals surface area contributed by atoms with Gasteiger partial charge in [-0.25, -0.2) is 12.7 Å². The van der Waals surface area contributed by atoms with Crippen molar-refractivity contribution in [3.05, 3.63) is 69.3 Å². The maximum Gasteiger partial charge on any atom is 0.308 e. The van der Waals surface area contributed by atoms with Crippen LogP contribution in [0.4, 0.5) is 0 Å². The Labute approximate surface area is 219 Å². The number of rotatable bonds is 14. The summed E-state index contributed by atoms with van der Waals surface area (Å²) in [6, 6.07) is 13.3. The van der Waals surface area contributed by atoms with Gasteiger partial charge in [0.25, 0.3) is 0 Å². The van der Waals surface area contributed by atoms with Gasteiger partial charge in [-0.1, -0.05) is 48.6 Å². The van der Waals surface area contributed by atoms with Gasteiger partial charge in [-0.05, 0) is 94.6 Å². The summed E-state index contributed by atoms with van der Waals surface area (Å²) in [5.41, 5.74) is 3.01. The summed E-state index contributed by atoms with van der Waals surface area (Å²) in [6.07, 6.45) is 7.66. The lowest BCUT2D eigenvalue weighted by atomic mass is 10.1. The second kappa shape index (κ2) is 13.3. The first kappa shape index (κ1) is 28.3. The second-order valence-corrected chi connectivity index (χ2v) is 12.3. The van der Waals surface area contributed by atoms with Crippen LogP contribution in [0.1, 0.15) is 50.7 Å². The number of sulfonamides is 1. The molecule has 0 bridgehead atoms. The number of nitrogens with zero attached hydrogens (tertiary/aromatic N) is 3. The third-order valence-electron chi connectivity index (χ3n) is 6.46. The monoisotopic (exact) mass is 529 g/mol. The fourth-order valence-corrected chi connectivity index (χ4v) is 6.69. The highest BCUT2D eigenvalue weighted by Gasteiger charge is 2.21. The van der Waals surface area contributed by atoms with E-state index in [0.717, 1.165) is 73.2 Å². The molecule has 1 aromatic heterocycles. The Morgan fingerprint density at radius 1 is 1.00 bits per heavy atom. The number of benzene rings is 2. The van der Waals surface area contributed by atoms with Crippen LogP contribution in [0.3, 0.4) is 0 Å². The van der Waals surface area contributed by atoms with Crippen LogP contribution in [-0.4, -0.2) is 55.4 Å². The van der Waals surface area contributed by atoms with Crippen LogP contribution in [0.25, 0.3) is 16.3 Å². The summed E-state index contributed by atoms with van der Waals surface area (Å²) in [6.45, 7) is 10.1. The molecule has 0 saturated carbocycles.